The Balaban J connectivity index is 1.44. The summed E-state index contributed by atoms with van der Waals surface area (Å²) in [5.41, 5.74) is 1.97. The lowest BCUT2D eigenvalue weighted by Gasteiger charge is -2.31. The van der Waals surface area contributed by atoms with E-state index in [0.29, 0.717) is 12.4 Å². The quantitative estimate of drug-likeness (QED) is 0.859. The normalized spacial score (nSPS) is 20.9. The van der Waals surface area contributed by atoms with E-state index < -0.39 is 0 Å². The van der Waals surface area contributed by atoms with Crippen molar-refractivity contribution in [2.45, 2.75) is 38.5 Å². The van der Waals surface area contributed by atoms with Gasteiger partial charge in [-0.1, -0.05) is 5.16 Å². The van der Waals surface area contributed by atoms with E-state index in [1.165, 1.54) is 18.5 Å². The molecule has 2 aliphatic heterocycles. The maximum Gasteiger partial charge on any atom is 0.253 e. The van der Waals surface area contributed by atoms with Crippen LogP contribution in [0.1, 0.15) is 53.7 Å². The molecule has 0 N–H and O–H groups in total. The van der Waals surface area contributed by atoms with E-state index in [1.54, 1.807) is 6.92 Å². The van der Waals surface area contributed by atoms with Crippen molar-refractivity contribution in [1.82, 2.24) is 15.0 Å². The molecule has 6 nitrogen and oxygen atoms in total. The van der Waals surface area contributed by atoms with Crippen LogP contribution in [0.2, 0.25) is 0 Å². The van der Waals surface area contributed by atoms with Gasteiger partial charge in [-0.3, -0.25) is 4.79 Å². The van der Waals surface area contributed by atoms with Crippen LogP contribution in [-0.2, 0) is 0 Å². The Kier molecular flexibility index (Phi) is 4.42. The molecule has 2 aromatic rings. The first-order chi connectivity index (χ1) is 12.2. The predicted octanol–water partition coefficient (Wildman–Crippen LogP) is 3.00. The summed E-state index contributed by atoms with van der Waals surface area (Å²) >= 11 is 0. The monoisotopic (exact) mass is 340 g/mol. The van der Waals surface area contributed by atoms with Crippen LogP contribution < -0.4 is 4.90 Å². The van der Waals surface area contributed by atoms with Gasteiger partial charge in [0.15, 0.2) is 5.82 Å². The molecule has 6 heteroatoms. The lowest BCUT2D eigenvalue weighted by molar-refractivity contribution is 0.0703. The van der Waals surface area contributed by atoms with E-state index in [2.05, 4.69) is 27.2 Å². The van der Waals surface area contributed by atoms with Gasteiger partial charge >= 0.3 is 0 Å². The Morgan fingerprint density at radius 2 is 1.88 bits per heavy atom. The summed E-state index contributed by atoms with van der Waals surface area (Å²) in [4.78, 5) is 21.5. The van der Waals surface area contributed by atoms with Crippen molar-refractivity contribution < 1.29 is 9.32 Å². The number of rotatable bonds is 3. The molecular weight excluding hydrogens is 316 g/mol. The molecule has 2 saturated heterocycles. The average molecular weight is 340 g/mol. The molecule has 2 fully saturated rings. The molecule has 4 rings (SSSR count). The van der Waals surface area contributed by atoms with Crippen LogP contribution in [0.4, 0.5) is 5.69 Å². The zero-order chi connectivity index (χ0) is 17.2. The van der Waals surface area contributed by atoms with Crippen molar-refractivity contribution in [2.75, 3.05) is 31.1 Å². The number of hydrogen-bond donors (Lipinski definition) is 0. The molecule has 3 heterocycles. The summed E-state index contributed by atoms with van der Waals surface area (Å²) in [7, 11) is 0. The van der Waals surface area contributed by atoms with Gasteiger partial charge in [0.05, 0.1) is 0 Å². The molecule has 0 spiro atoms. The van der Waals surface area contributed by atoms with E-state index in [9.17, 15) is 4.79 Å². The fourth-order valence-corrected chi connectivity index (χ4v) is 3.83. The van der Waals surface area contributed by atoms with Crippen LogP contribution in [-0.4, -0.2) is 47.1 Å². The van der Waals surface area contributed by atoms with Gasteiger partial charge in [-0.05, 0) is 49.9 Å². The van der Waals surface area contributed by atoms with Crippen LogP contribution in [0.25, 0.3) is 0 Å². The van der Waals surface area contributed by atoms with E-state index in [1.807, 2.05) is 17.0 Å². The van der Waals surface area contributed by atoms with Gasteiger partial charge < -0.3 is 14.3 Å². The second kappa shape index (κ2) is 6.86. The molecule has 1 aromatic heterocycles. The maximum absolute atomic E-state index is 12.9. The summed E-state index contributed by atoms with van der Waals surface area (Å²) in [5, 5.41) is 4.03. The van der Waals surface area contributed by atoms with Gasteiger partial charge in [0.25, 0.3) is 5.91 Å². The Bertz CT molecular complexity index is 734. The number of carbonyl (C=O) groups excluding carboxylic acids is 1. The summed E-state index contributed by atoms with van der Waals surface area (Å²) in [6.45, 7) is 5.48. The minimum absolute atomic E-state index is 0.0953. The average Bonchev–Trinajstić information content (AvgIpc) is 3.33. The first-order valence-electron chi connectivity index (χ1n) is 9.15. The van der Waals surface area contributed by atoms with Crippen molar-refractivity contribution >= 4 is 11.6 Å². The lowest BCUT2D eigenvalue weighted by Crippen LogP contribution is -2.39. The highest BCUT2D eigenvalue weighted by Gasteiger charge is 2.28. The second-order valence-electron chi connectivity index (χ2n) is 7.00. The first kappa shape index (κ1) is 16.1. The standard InChI is InChI=1S/C19H24N4O2/c1-14-20-18(21-25-14)16-5-4-12-23(13-16)19(24)15-6-8-17(9-7-15)22-10-2-3-11-22/h6-9,16H,2-5,10-13H2,1H3/t16-/m0/s1. The molecule has 0 bridgehead atoms. The highest BCUT2D eigenvalue weighted by molar-refractivity contribution is 5.94. The Labute approximate surface area is 147 Å². The Morgan fingerprint density at radius 1 is 1.12 bits per heavy atom. The third kappa shape index (κ3) is 3.38. The first-order valence-corrected chi connectivity index (χ1v) is 9.15. The molecule has 0 radical (unpaired) electrons. The summed E-state index contributed by atoms with van der Waals surface area (Å²) in [6, 6.07) is 8.06. The zero-order valence-electron chi connectivity index (χ0n) is 14.6. The summed E-state index contributed by atoms with van der Waals surface area (Å²) < 4.78 is 5.09. The minimum Gasteiger partial charge on any atom is -0.372 e. The highest BCUT2D eigenvalue weighted by atomic mass is 16.5. The van der Waals surface area contributed by atoms with Crippen molar-refractivity contribution in [3.05, 3.63) is 41.5 Å². The van der Waals surface area contributed by atoms with Crippen molar-refractivity contribution in [3.8, 4) is 0 Å². The second-order valence-corrected chi connectivity index (χ2v) is 7.00. The molecule has 0 saturated carbocycles. The topological polar surface area (TPSA) is 62.5 Å². The predicted molar refractivity (Wildman–Crippen MR) is 94.8 cm³/mol. The van der Waals surface area contributed by atoms with E-state index in [0.717, 1.165) is 43.9 Å². The van der Waals surface area contributed by atoms with Crippen molar-refractivity contribution in [1.29, 1.82) is 0 Å². The molecule has 2 aliphatic rings. The van der Waals surface area contributed by atoms with Crippen LogP contribution >= 0.6 is 0 Å². The molecular formula is C19H24N4O2. The fourth-order valence-electron chi connectivity index (χ4n) is 3.83. The Hall–Kier alpha value is -2.37. The number of benzene rings is 1. The fraction of sp³-hybridized carbons (Fsp3) is 0.526. The number of nitrogens with zero attached hydrogens (tertiary/aromatic N) is 4. The number of aryl methyl sites for hydroxylation is 1. The van der Waals surface area contributed by atoms with Crippen molar-refractivity contribution in [3.63, 3.8) is 0 Å². The van der Waals surface area contributed by atoms with Crippen molar-refractivity contribution in [2.24, 2.45) is 0 Å². The number of carbonyl (C=O) groups is 1. The number of aromatic nitrogens is 2. The molecule has 1 atom stereocenters. The minimum atomic E-state index is 0.0953. The van der Waals surface area contributed by atoms with E-state index >= 15 is 0 Å². The molecule has 25 heavy (non-hydrogen) atoms. The van der Waals surface area contributed by atoms with Gasteiger partial charge in [-0.2, -0.15) is 4.98 Å². The molecule has 1 amide bonds. The van der Waals surface area contributed by atoms with Crippen LogP contribution in [0.5, 0.6) is 0 Å². The molecule has 132 valence electrons. The highest BCUT2D eigenvalue weighted by Crippen LogP contribution is 2.27. The smallest absolute Gasteiger partial charge is 0.253 e. The Morgan fingerprint density at radius 3 is 2.56 bits per heavy atom. The van der Waals surface area contributed by atoms with Crippen LogP contribution in [0.3, 0.4) is 0 Å². The maximum atomic E-state index is 12.9. The summed E-state index contributed by atoms with van der Waals surface area (Å²) in [5.74, 6) is 1.56. The van der Waals surface area contributed by atoms with Gasteiger partial charge in [-0.15, -0.1) is 0 Å². The third-order valence-corrected chi connectivity index (χ3v) is 5.20. The van der Waals surface area contributed by atoms with Gasteiger partial charge in [0.2, 0.25) is 5.89 Å². The van der Waals surface area contributed by atoms with Gasteiger partial charge in [-0.25, -0.2) is 0 Å². The molecule has 0 aliphatic carbocycles. The van der Waals surface area contributed by atoms with E-state index in [4.69, 9.17) is 4.52 Å². The molecule has 1 aromatic carbocycles. The number of likely N-dealkylation sites (tertiary alicyclic amines) is 1. The van der Waals surface area contributed by atoms with E-state index in [-0.39, 0.29) is 11.8 Å². The zero-order valence-corrected chi connectivity index (χ0v) is 14.6. The van der Waals surface area contributed by atoms with Gasteiger partial charge in [0.1, 0.15) is 0 Å². The van der Waals surface area contributed by atoms with Crippen LogP contribution in [0.15, 0.2) is 28.8 Å². The number of amides is 1. The number of hydrogen-bond acceptors (Lipinski definition) is 5. The lowest BCUT2D eigenvalue weighted by atomic mass is 9.96. The number of piperidine rings is 1. The number of anilines is 1. The van der Waals surface area contributed by atoms with Crippen LogP contribution in [0, 0.1) is 6.92 Å². The SMILES string of the molecule is Cc1nc([C@H]2CCCN(C(=O)c3ccc(N4CCCC4)cc3)C2)no1. The summed E-state index contributed by atoms with van der Waals surface area (Å²) in [6.07, 6.45) is 4.48. The molecule has 0 unspecified atom stereocenters. The third-order valence-electron chi connectivity index (χ3n) is 5.20. The van der Waals surface area contributed by atoms with Gasteiger partial charge in [0, 0.05) is 50.3 Å². The largest absolute Gasteiger partial charge is 0.372 e.